The minimum Gasteiger partial charge on any atom is -0.353 e. The summed E-state index contributed by atoms with van der Waals surface area (Å²) in [5.41, 5.74) is 2.55. The van der Waals surface area contributed by atoms with Gasteiger partial charge in [-0.1, -0.05) is 27.7 Å². The van der Waals surface area contributed by atoms with Crippen LogP contribution in [0.5, 0.6) is 0 Å². The van der Waals surface area contributed by atoms with Gasteiger partial charge in [0, 0.05) is 31.7 Å². The second-order valence-electron chi connectivity index (χ2n) is 7.31. The van der Waals surface area contributed by atoms with Gasteiger partial charge in [-0.15, -0.1) is 0 Å². The molecule has 0 amide bonds. The van der Waals surface area contributed by atoms with E-state index in [1.54, 1.807) is 0 Å². The fourth-order valence-corrected chi connectivity index (χ4v) is 2.93. The summed E-state index contributed by atoms with van der Waals surface area (Å²) in [5.74, 6) is 2.69. The second-order valence-corrected chi connectivity index (χ2v) is 7.31. The normalized spacial score (nSPS) is 15.2. The highest BCUT2D eigenvalue weighted by atomic mass is 15.4. The number of hydrogen-bond donors (Lipinski definition) is 1. The van der Waals surface area contributed by atoms with Gasteiger partial charge in [-0.25, -0.2) is 0 Å². The van der Waals surface area contributed by atoms with Gasteiger partial charge < -0.3 is 10.2 Å². The molecule has 1 aromatic heterocycles. The van der Waals surface area contributed by atoms with E-state index in [1.165, 1.54) is 24.2 Å². The lowest BCUT2D eigenvalue weighted by Crippen LogP contribution is -2.33. The molecular weight excluding hydrogens is 260 g/mol. The van der Waals surface area contributed by atoms with E-state index in [-0.39, 0.29) is 0 Å². The van der Waals surface area contributed by atoms with E-state index < -0.39 is 0 Å². The minimum absolute atomic E-state index is 0.678. The molecule has 0 bridgehead atoms. The van der Waals surface area contributed by atoms with Crippen molar-refractivity contribution in [3.05, 3.63) is 11.3 Å². The first kappa shape index (κ1) is 16.3. The van der Waals surface area contributed by atoms with E-state index in [2.05, 4.69) is 61.7 Å². The summed E-state index contributed by atoms with van der Waals surface area (Å²) in [4.78, 5) is 2.59. The number of nitrogens with zero attached hydrogens (tertiary/aromatic N) is 3. The Hall–Kier alpha value is -1.03. The molecular formula is C17H32N4. The lowest BCUT2D eigenvalue weighted by atomic mass is 10.1. The van der Waals surface area contributed by atoms with Crippen molar-refractivity contribution in [2.45, 2.75) is 60.0 Å². The molecule has 0 radical (unpaired) electrons. The van der Waals surface area contributed by atoms with E-state index in [0.29, 0.717) is 11.8 Å². The average molecular weight is 292 g/mol. The highest BCUT2D eigenvalue weighted by molar-refractivity contribution is 5.52. The van der Waals surface area contributed by atoms with Crippen LogP contribution >= 0.6 is 0 Å². The topological polar surface area (TPSA) is 33.1 Å². The van der Waals surface area contributed by atoms with Gasteiger partial charge in [0.15, 0.2) is 0 Å². The number of anilines is 1. The summed E-state index contributed by atoms with van der Waals surface area (Å²) in [5, 5.41) is 8.27. The summed E-state index contributed by atoms with van der Waals surface area (Å²) >= 11 is 0. The molecule has 1 heterocycles. The molecule has 0 spiro atoms. The largest absolute Gasteiger partial charge is 0.353 e. The van der Waals surface area contributed by atoms with Crippen molar-refractivity contribution in [1.29, 1.82) is 0 Å². The lowest BCUT2D eigenvalue weighted by Gasteiger charge is -2.28. The van der Waals surface area contributed by atoms with Crippen LogP contribution in [0.3, 0.4) is 0 Å². The molecule has 4 nitrogen and oxygen atoms in total. The summed E-state index contributed by atoms with van der Waals surface area (Å²) in [6.07, 6.45) is 2.66. The zero-order valence-corrected chi connectivity index (χ0v) is 14.6. The van der Waals surface area contributed by atoms with Crippen molar-refractivity contribution < 1.29 is 0 Å². The van der Waals surface area contributed by atoms with Gasteiger partial charge >= 0.3 is 0 Å². The third kappa shape index (κ3) is 4.22. The molecule has 21 heavy (non-hydrogen) atoms. The maximum Gasteiger partial charge on any atom is 0.131 e. The van der Waals surface area contributed by atoms with E-state index in [9.17, 15) is 0 Å². The van der Waals surface area contributed by atoms with Gasteiger partial charge in [-0.3, -0.25) is 4.68 Å². The number of hydrogen-bond acceptors (Lipinski definition) is 3. The Morgan fingerprint density at radius 2 is 1.90 bits per heavy atom. The van der Waals surface area contributed by atoms with Crippen molar-refractivity contribution in [1.82, 2.24) is 15.1 Å². The van der Waals surface area contributed by atoms with Crippen LogP contribution in [0.25, 0.3) is 0 Å². The highest BCUT2D eigenvalue weighted by Gasteiger charge is 2.33. The molecule has 1 aliphatic carbocycles. The molecule has 0 saturated heterocycles. The predicted octanol–water partition coefficient (Wildman–Crippen LogP) is 3.10. The Labute approximate surface area is 129 Å². The Bertz CT molecular complexity index is 458. The summed E-state index contributed by atoms with van der Waals surface area (Å²) in [6.45, 7) is 14.3. The smallest absolute Gasteiger partial charge is 0.131 e. The lowest BCUT2D eigenvalue weighted by molar-refractivity contribution is 0.548. The second kappa shape index (κ2) is 6.82. The Balaban J connectivity index is 2.19. The number of rotatable bonds is 8. The van der Waals surface area contributed by atoms with Gasteiger partial charge in [0.2, 0.25) is 0 Å². The molecule has 120 valence electrons. The third-order valence-electron chi connectivity index (χ3n) is 3.99. The zero-order valence-electron chi connectivity index (χ0n) is 14.6. The van der Waals surface area contributed by atoms with Crippen LogP contribution in [0.1, 0.15) is 51.8 Å². The standard InChI is InChI=1S/C17H32N4/c1-12(2)9-18-10-16-14(5)19-20(6)17(16)21(11-13(3)4)15-7-8-15/h12-13,15,18H,7-11H2,1-6H3. The van der Waals surface area contributed by atoms with Gasteiger partial charge in [-0.05, 0) is 38.1 Å². The van der Waals surface area contributed by atoms with Gasteiger partial charge in [-0.2, -0.15) is 5.10 Å². The van der Waals surface area contributed by atoms with E-state index in [0.717, 1.165) is 31.4 Å². The van der Waals surface area contributed by atoms with Crippen molar-refractivity contribution in [2.24, 2.45) is 18.9 Å². The first-order valence-electron chi connectivity index (χ1n) is 8.40. The monoisotopic (exact) mass is 292 g/mol. The fraction of sp³-hybridized carbons (Fsp3) is 0.824. The molecule has 0 aliphatic heterocycles. The van der Waals surface area contributed by atoms with Crippen molar-refractivity contribution >= 4 is 5.82 Å². The number of aromatic nitrogens is 2. The van der Waals surface area contributed by atoms with Crippen LogP contribution in [-0.2, 0) is 13.6 Å². The van der Waals surface area contributed by atoms with Gasteiger partial charge in [0.05, 0.1) is 5.69 Å². The number of nitrogens with one attached hydrogen (secondary N) is 1. The highest BCUT2D eigenvalue weighted by Crippen LogP contribution is 2.35. The van der Waals surface area contributed by atoms with Crippen LogP contribution in [0.2, 0.25) is 0 Å². The molecule has 1 saturated carbocycles. The molecule has 1 N–H and O–H groups in total. The van der Waals surface area contributed by atoms with Crippen LogP contribution in [0.15, 0.2) is 0 Å². The molecule has 4 heteroatoms. The molecule has 1 fully saturated rings. The SMILES string of the molecule is Cc1nn(C)c(N(CC(C)C)C2CC2)c1CNCC(C)C. The van der Waals surface area contributed by atoms with E-state index in [1.807, 2.05) is 0 Å². The summed E-state index contributed by atoms with van der Waals surface area (Å²) in [6, 6.07) is 0.728. The first-order chi connectivity index (χ1) is 9.90. The van der Waals surface area contributed by atoms with E-state index in [4.69, 9.17) is 0 Å². The maximum atomic E-state index is 4.68. The van der Waals surface area contributed by atoms with Crippen LogP contribution in [0.4, 0.5) is 5.82 Å². The quantitative estimate of drug-likeness (QED) is 0.799. The van der Waals surface area contributed by atoms with Crippen molar-refractivity contribution in [2.75, 3.05) is 18.0 Å². The Morgan fingerprint density at radius 1 is 1.24 bits per heavy atom. The van der Waals surface area contributed by atoms with Crippen molar-refractivity contribution in [3.8, 4) is 0 Å². The molecule has 2 rings (SSSR count). The van der Waals surface area contributed by atoms with Crippen LogP contribution in [-0.4, -0.2) is 28.9 Å². The fourth-order valence-electron chi connectivity index (χ4n) is 2.93. The Morgan fingerprint density at radius 3 is 2.43 bits per heavy atom. The van der Waals surface area contributed by atoms with Crippen LogP contribution in [0, 0.1) is 18.8 Å². The average Bonchev–Trinajstić information content (AvgIpc) is 3.15. The van der Waals surface area contributed by atoms with Crippen molar-refractivity contribution in [3.63, 3.8) is 0 Å². The minimum atomic E-state index is 0.678. The molecule has 0 unspecified atom stereocenters. The molecule has 1 aromatic rings. The molecule has 1 aliphatic rings. The molecule has 0 aromatic carbocycles. The number of aryl methyl sites for hydroxylation is 2. The first-order valence-corrected chi connectivity index (χ1v) is 8.40. The third-order valence-corrected chi connectivity index (χ3v) is 3.99. The van der Waals surface area contributed by atoms with E-state index >= 15 is 0 Å². The summed E-state index contributed by atoms with van der Waals surface area (Å²) in [7, 11) is 2.09. The summed E-state index contributed by atoms with van der Waals surface area (Å²) < 4.78 is 2.09. The van der Waals surface area contributed by atoms with Gasteiger partial charge in [0.1, 0.15) is 5.82 Å². The maximum absolute atomic E-state index is 4.68. The predicted molar refractivity (Wildman–Crippen MR) is 89.7 cm³/mol. The zero-order chi connectivity index (χ0) is 15.6. The Kier molecular flexibility index (Phi) is 5.31. The van der Waals surface area contributed by atoms with Crippen LogP contribution < -0.4 is 10.2 Å². The van der Waals surface area contributed by atoms with Gasteiger partial charge in [0.25, 0.3) is 0 Å². The molecule has 0 atom stereocenters.